The summed E-state index contributed by atoms with van der Waals surface area (Å²) in [6.45, 7) is 0.446. The molecule has 0 radical (unpaired) electrons. The third kappa shape index (κ3) is 2.05. The third-order valence-corrected chi connectivity index (χ3v) is 3.49. The van der Waals surface area contributed by atoms with E-state index in [0.717, 1.165) is 17.2 Å². The standard InChI is InChI=1S/C13H17N3O/c14-8-10-6-7-11-12(15-10)16-13(17-11)9-4-2-1-3-5-9/h6-7,9H,1-5,8,14H2. The monoisotopic (exact) mass is 231 g/mol. The fraction of sp³-hybridized carbons (Fsp3) is 0.538. The van der Waals surface area contributed by atoms with Crippen molar-refractivity contribution >= 4 is 11.2 Å². The van der Waals surface area contributed by atoms with E-state index in [4.69, 9.17) is 10.2 Å². The van der Waals surface area contributed by atoms with E-state index >= 15 is 0 Å². The van der Waals surface area contributed by atoms with E-state index in [1.165, 1.54) is 32.1 Å². The van der Waals surface area contributed by atoms with Gasteiger partial charge in [-0.1, -0.05) is 19.3 Å². The van der Waals surface area contributed by atoms with Crippen LogP contribution in [0.4, 0.5) is 0 Å². The largest absolute Gasteiger partial charge is 0.439 e. The molecule has 1 aliphatic carbocycles. The highest BCUT2D eigenvalue weighted by molar-refractivity contribution is 5.67. The van der Waals surface area contributed by atoms with Gasteiger partial charge in [0.2, 0.25) is 0 Å². The van der Waals surface area contributed by atoms with Crippen molar-refractivity contribution in [2.45, 2.75) is 44.6 Å². The first-order valence-corrected chi connectivity index (χ1v) is 6.33. The van der Waals surface area contributed by atoms with Crippen LogP contribution in [-0.4, -0.2) is 9.97 Å². The maximum absolute atomic E-state index is 5.79. The van der Waals surface area contributed by atoms with Crippen LogP contribution in [0.5, 0.6) is 0 Å². The molecular weight excluding hydrogens is 214 g/mol. The Morgan fingerprint density at radius 1 is 1.18 bits per heavy atom. The van der Waals surface area contributed by atoms with Gasteiger partial charge in [-0.3, -0.25) is 0 Å². The first-order chi connectivity index (χ1) is 8.36. The van der Waals surface area contributed by atoms with Gasteiger partial charge in [-0.25, -0.2) is 4.98 Å². The molecule has 0 aliphatic heterocycles. The van der Waals surface area contributed by atoms with Gasteiger partial charge in [0.1, 0.15) is 0 Å². The smallest absolute Gasteiger partial charge is 0.200 e. The Balaban J connectivity index is 1.95. The summed E-state index contributed by atoms with van der Waals surface area (Å²) in [4.78, 5) is 8.89. The lowest BCUT2D eigenvalue weighted by molar-refractivity contribution is 0.373. The summed E-state index contributed by atoms with van der Waals surface area (Å²) in [5, 5.41) is 0. The van der Waals surface area contributed by atoms with E-state index in [9.17, 15) is 0 Å². The molecule has 3 rings (SSSR count). The highest BCUT2D eigenvalue weighted by Gasteiger charge is 2.21. The summed E-state index contributed by atoms with van der Waals surface area (Å²) in [6, 6.07) is 3.82. The van der Waals surface area contributed by atoms with Gasteiger partial charge < -0.3 is 10.2 Å². The molecule has 0 unspecified atom stereocenters. The molecule has 1 aliphatic rings. The predicted octanol–water partition coefficient (Wildman–Crippen LogP) is 2.73. The Bertz CT molecular complexity index is 514. The van der Waals surface area contributed by atoms with E-state index in [0.29, 0.717) is 18.1 Å². The molecule has 4 heteroatoms. The van der Waals surface area contributed by atoms with Gasteiger partial charge in [-0.2, -0.15) is 4.98 Å². The normalized spacial score (nSPS) is 17.7. The summed E-state index contributed by atoms with van der Waals surface area (Å²) in [7, 11) is 0. The van der Waals surface area contributed by atoms with E-state index in [2.05, 4.69) is 9.97 Å². The maximum Gasteiger partial charge on any atom is 0.200 e. The van der Waals surface area contributed by atoms with Crippen LogP contribution >= 0.6 is 0 Å². The van der Waals surface area contributed by atoms with Crippen LogP contribution in [0, 0.1) is 0 Å². The number of aromatic nitrogens is 2. The van der Waals surface area contributed by atoms with Crippen LogP contribution in [0.3, 0.4) is 0 Å². The second-order valence-electron chi connectivity index (χ2n) is 4.72. The Morgan fingerprint density at radius 2 is 2.00 bits per heavy atom. The third-order valence-electron chi connectivity index (χ3n) is 3.49. The van der Waals surface area contributed by atoms with Crippen molar-refractivity contribution in [3.8, 4) is 0 Å². The van der Waals surface area contributed by atoms with Crippen molar-refractivity contribution in [2.24, 2.45) is 5.73 Å². The summed E-state index contributed by atoms with van der Waals surface area (Å²) >= 11 is 0. The van der Waals surface area contributed by atoms with Crippen LogP contribution in [0.1, 0.15) is 49.6 Å². The van der Waals surface area contributed by atoms with E-state index < -0.39 is 0 Å². The molecule has 1 fully saturated rings. The molecule has 0 amide bonds. The Labute approximate surface area is 100 Å². The minimum Gasteiger partial charge on any atom is -0.439 e. The molecule has 0 saturated heterocycles. The minimum atomic E-state index is 0.446. The molecule has 2 heterocycles. The van der Waals surface area contributed by atoms with Crippen molar-refractivity contribution in [3.63, 3.8) is 0 Å². The molecule has 0 bridgehead atoms. The second kappa shape index (κ2) is 4.45. The molecule has 1 saturated carbocycles. The Hall–Kier alpha value is -1.42. The van der Waals surface area contributed by atoms with Crippen LogP contribution in [0.25, 0.3) is 11.2 Å². The van der Waals surface area contributed by atoms with Gasteiger partial charge in [0.15, 0.2) is 17.1 Å². The number of rotatable bonds is 2. The number of hydrogen-bond acceptors (Lipinski definition) is 4. The highest BCUT2D eigenvalue weighted by atomic mass is 16.3. The fourth-order valence-electron chi connectivity index (χ4n) is 2.51. The molecule has 0 atom stereocenters. The molecular formula is C13H17N3O. The van der Waals surface area contributed by atoms with E-state index in [1.807, 2.05) is 12.1 Å². The lowest BCUT2D eigenvalue weighted by atomic mass is 9.89. The predicted molar refractivity (Wildman–Crippen MR) is 65.5 cm³/mol. The summed E-state index contributed by atoms with van der Waals surface area (Å²) in [6.07, 6.45) is 6.29. The van der Waals surface area contributed by atoms with Gasteiger partial charge in [0, 0.05) is 12.5 Å². The molecule has 0 spiro atoms. The van der Waals surface area contributed by atoms with Crippen molar-refractivity contribution in [1.29, 1.82) is 0 Å². The first-order valence-electron chi connectivity index (χ1n) is 6.33. The highest BCUT2D eigenvalue weighted by Crippen LogP contribution is 2.33. The van der Waals surface area contributed by atoms with E-state index in [-0.39, 0.29) is 0 Å². The van der Waals surface area contributed by atoms with Crippen LogP contribution in [-0.2, 0) is 6.54 Å². The lowest BCUT2D eigenvalue weighted by Crippen LogP contribution is -2.04. The molecule has 90 valence electrons. The zero-order chi connectivity index (χ0) is 11.7. The van der Waals surface area contributed by atoms with Crippen molar-refractivity contribution in [3.05, 3.63) is 23.7 Å². The zero-order valence-electron chi connectivity index (χ0n) is 9.85. The summed E-state index contributed by atoms with van der Waals surface area (Å²) in [5.74, 6) is 1.35. The average Bonchev–Trinajstić information content (AvgIpc) is 2.82. The number of pyridine rings is 1. The first kappa shape index (κ1) is 10.7. The Kier molecular flexibility index (Phi) is 2.81. The van der Waals surface area contributed by atoms with Gasteiger partial charge in [-0.15, -0.1) is 0 Å². The molecule has 2 N–H and O–H groups in total. The van der Waals surface area contributed by atoms with Crippen LogP contribution < -0.4 is 5.73 Å². The van der Waals surface area contributed by atoms with Crippen molar-refractivity contribution in [1.82, 2.24) is 9.97 Å². The van der Waals surface area contributed by atoms with Crippen LogP contribution in [0.15, 0.2) is 16.5 Å². The SMILES string of the molecule is NCc1ccc2oc(C3CCCCC3)nc2n1. The maximum atomic E-state index is 5.79. The topological polar surface area (TPSA) is 64.9 Å². The van der Waals surface area contributed by atoms with Gasteiger partial charge in [0.25, 0.3) is 0 Å². The van der Waals surface area contributed by atoms with Gasteiger partial charge >= 0.3 is 0 Å². The molecule has 2 aromatic heterocycles. The number of nitrogens with zero attached hydrogens (tertiary/aromatic N) is 2. The quantitative estimate of drug-likeness (QED) is 0.863. The molecule has 2 aromatic rings. The number of nitrogens with two attached hydrogens (primary N) is 1. The number of hydrogen-bond donors (Lipinski definition) is 1. The van der Waals surface area contributed by atoms with Crippen LogP contribution in [0.2, 0.25) is 0 Å². The number of fused-ring (bicyclic) bond motifs is 1. The number of oxazole rings is 1. The Morgan fingerprint density at radius 3 is 2.76 bits per heavy atom. The fourth-order valence-corrected chi connectivity index (χ4v) is 2.51. The van der Waals surface area contributed by atoms with Crippen molar-refractivity contribution < 1.29 is 4.42 Å². The minimum absolute atomic E-state index is 0.446. The van der Waals surface area contributed by atoms with Crippen molar-refractivity contribution in [2.75, 3.05) is 0 Å². The second-order valence-corrected chi connectivity index (χ2v) is 4.72. The van der Waals surface area contributed by atoms with Gasteiger partial charge in [0.05, 0.1) is 5.69 Å². The zero-order valence-corrected chi connectivity index (χ0v) is 9.85. The molecule has 0 aromatic carbocycles. The molecule has 17 heavy (non-hydrogen) atoms. The lowest BCUT2D eigenvalue weighted by Gasteiger charge is -2.17. The van der Waals surface area contributed by atoms with E-state index in [1.54, 1.807) is 0 Å². The summed E-state index contributed by atoms with van der Waals surface area (Å²) < 4.78 is 5.79. The average molecular weight is 231 g/mol. The molecule has 4 nitrogen and oxygen atoms in total. The van der Waals surface area contributed by atoms with Gasteiger partial charge in [-0.05, 0) is 25.0 Å². The summed E-state index contributed by atoms with van der Waals surface area (Å²) in [5.41, 5.74) is 7.91.